The van der Waals surface area contributed by atoms with Gasteiger partial charge < -0.3 is 4.74 Å². The minimum Gasteiger partial charge on any atom is -0.458 e. The molecule has 1 aliphatic carbocycles. The van der Waals surface area contributed by atoms with Crippen LogP contribution in [0.3, 0.4) is 0 Å². The highest BCUT2D eigenvalue weighted by Gasteiger charge is 2.40. The van der Waals surface area contributed by atoms with Crippen LogP contribution in [0, 0.1) is 11.8 Å². The summed E-state index contributed by atoms with van der Waals surface area (Å²) in [6.45, 7) is 7.76. The molecule has 0 aromatic carbocycles. The zero-order valence-electron chi connectivity index (χ0n) is 11.1. The van der Waals surface area contributed by atoms with Crippen LogP contribution in [0.25, 0.3) is 0 Å². The summed E-state index contributed by atoms with van der Waals surface area (Å²) in [6.07, 6.45) is 4.62. The van der Waals surface area contributed by atoms with Crippen molar-refractivity contribution < 1.29 is 14.3 Å². The Hall–Kier alpha value is -1.38. The highest BCUT2D eigenvalue weighted by Crippen LogP contribution is 2.35. The molecule has 0 unspecified atom stereocenters. The van der Waals surface area contributed by atoms with E-state index in [2.05, 4.69) is 6.58 Å². The molecule has 1 fully saturated rings. The van der Waals surface area contributed by atoms with Crippen molar-refractivity contribution in [1.82, 2.24) is 0 Å². The molecule has 1 saturated heterocycles. The van der Waals surface area contributed by atoms with Gasteiger partial charge in [0.25, 0.3) is 0 Å². The lowest BCUT2D eigenvalue weighted by molar-refractivity contribution is -0.142. The number of esters is 1. The number of rotatable bonds is 0. The Morgan fingerprint density at radius 3 is 2.72 bits per heavy atom. The fourth-order valence-corrected chi connectivity index (χ4v) is 2.69. The molecule has 0 bridgehead atoms. The van der Waals surface area contributed by atoms with Gasteiger partial charge in [0.15, 0.2) is 5.78 Å². The molecule has 18 heavy (non-hydrogen) atoms. The third kappa shape index (κ3) is 2.55. The maximum Gasteiger partial charge on any atom is 0.309 e. The molecule has 0 amide bonds. The Kier molecular flexibility index (Phi) is 3.69. The number of ketones is 1. The number of fused-ring (bicyclic) bond motifs is 1. The van der Waals surface area contributed by atoms with Gasteiger partial charge in [0, 0.05) is 12.3 Å². The maximum absolute atomic E-state index is 11.8. The van der Waals surface area contributed by atoms with Crippen molar-refractivity contribution in [3.8, 4) is 0 Å². The van der Waals surface area contributed by atoms with Gasteiger partial charge in [-0.25, -0.2) is 0 Å². The van der Waals surface area contributed by atoms with Crippen LogP contribution in [0.1, 0.15) is 39.5 Å². The largest absolute Gasteiger partial charge is 0.458 e. The number of hydrogen-bond acceptors (Lipinski definition) is 3. The van der Waals surface area contributed by atoms with Crippen LogP contribution in [0.5, 0.6) is 0 Å². The summed E-state index contributed by atoms with van der Waals surface area (Å²) in [7, 11) is 0. The predicted molar refractivity (Wildman–Crippen MR) is 68.9 cm³/mol. The Balaban J connectivity index is 2.23. The van der Waals surface area contributed by atoms with Crippen LogP contribution >= 0.6 is 0 Å². The average Bonchev–Trinajstić information content (AvgIpc) is 2.58. The molecule has 0 aromatic heterocycles. The Morgan fingerprint density at radius 1 is 1.28 bits per heavy atom. The highest BCUT2D eigenvalue weighted by atomic mass is 16.6. The first kappa shape index (κ1) is 13.1. The van der Waals surface area contributed by atoms with E-state index in [-0.39, 0.29) is 29.7 Å². The van der Waals surface area contributed by atoms with Gasteiger partial charge >= 0.3 is 5.97 Å². The molecule has 0 N–H and O–H groups in total. The number of carbonyl (C=O) groups excluding carboxylic acids is 2. The maximum atomic E-state index is 11.8. The molecule has 3 atom stereocenters. The number of ether oxygens (including phenoxy) is 1. The SMILES string of the molecule is C=C1CC[C@@H]2[C@H](/C=C(\C)CCC1=O)OC(=O)[C@@H]2C. The van der Waals surface area contributed by atoms with E-state index in [1.165, 1.54) is 0 Å². The van der Waals surface area contributed by atoms with E-state index in [9.17, 15) is 9.59 Å². The second kappa shape index (κ2) is 5.09. The molecule has 3 heteroatoms. The van der Waals surface area contributed by atoms with Gasteiger partial charge in [-0.15, -0.1) is 0 Å². The predicted octanol–water partition coefficient (Wildman–Crippen LogP) is 2.81. The molecule has 0 saturated carbocycles. The van der Waals surface area contributed by atoms with E-state index >= 15 is 0 Å². The molecular weight excluding hydrogens is 228 g/mol. The van der Waals surface area contributed by atoms with Crippen molar-refractivity contribution in [2.75, 3.05) is 0 Å². The molecule has 0 spiro atoms. The van der Waals surface area contributed by atoms with Crippen molar-refractivity contribution in [3.63, 3.8) is 0 Å². The lowest BCUT2D eigenvalue weighted by Gasteiger charge is -2.19. The first-order chi connectivity index (χ1) is 8.49. The summed E-state index contributed by atoms with van der Waals surface area (Å²) in [5.74, 6) is 0.126. The van der Waals surface area contributed by atoms with Gasteiger partial charge in [-0.2, -0.15) is 0 Å². The Labute approximate surface area is 108 Å². The smallest absolute Gasteiger partial charge is 0.309 e. The van der Waals surface area contributed by atoms with Crippen LogP contribution in [0.4, 0.5) is 0 Å². The van der Waals surface area contributed by atoms with Crippen LogP contribution in [-0.4, -0.2) is 17.9 Å². The van der Waals surface area contributed by atoms with E-state index in [1.807, 2.05) is 19.9 Å². The Bertz CT molecular complexity index is 419. The fraction of sp³-hybridized carbons (Fsp3) is 0.600. The van der Waals surface area contributed by atoms with Crippen LogP contribution in [0.15, 0.2) is 23.8 Å². The van der Waals surface area contributed by atoms with Gasteiger partial charge in [-0.3, -0.25) is 9.59 Å². The highest BCUT2D eigenvalue weighted by molar-refractivity contribution is 5.94. The third-order valence-corrected chi connectivity index (χ3v) is 4.06. The van der Waals surface area contributed by atoms with E-state index in [4.69, 9.17) is 4.74 Å². The summed E-state index contributed by atoms with van der Waals surface area (Å²) in [5.41, 5.74) is 1.81. The molecule has 2 rings (SSSR count). The second-order valence-corrected chi connectivity index (χ2v) is 5.43. The lowest BCUT2D eigenvalue weighted by Crippen LogP contribution is -2.20. The van der Waals surface area contributed by atoms with Crippen LogP contribution in [0.2, 0.25) is 0 Å². The van der Waals surface area contributed by atoms with Crippen LogP contribution < -0.4 is 0 Å². The van der Waals surface area contributed by atoms with E-state index in [0.29, 0.717) is 18.4 Å². The minimum atomic E-state index is -0.120. The quantitative estimate of drug-likeness (QED) is 0.376. The normalized spacial score (nSPS) is 36.7. The topological polar surface area (TPSA) is 43.4 Å². The average molecular weight is 248 g/mol. The Morgan fingerprint density at radius 2 is 2.00 bits per heavy atom. The molecule has 1 heterocycles. The van der Waals surface area contributed by atoms with E-state index < -0.39 is 0 Å². The molecule has 1 aliphatic heterocycles. The van der Waals surface area contributed by atoms with Crippen molar-refractivity contribution in [2.24, 2.45) is 11.8 Å². The lowest BCUT2D eigenvalue weighted by atomic mass is 9.84. The molecular formula is C15H20O3. The zero-order valence-corrected chi connectivity index (χ0v) is 11.1. The molecule has 2 aliphatic rings. The summed E-state index contributed by atoms with van der Waals surface area (Å²) in [5, 5.41) is 0. The van der Waals surface area contributed by atoms with Crippen molar-refractivity contribution in [2.45, 2.75) is 45.6 Å². The summed E-state index contributed by atoms with van der Waals surface area (Å²) in [4.78, 5) is 23.4. The fourth-order valence-electron chi connectivity index (χ4n) is 2.69. The molecule has 98 valence electrons. The van der Waals surface area contributed by atoms with Gasteiger partial charge in [-0.1, -0.05) is 19.1 Å². The minimum absolute atomic E-state index is 0.0821. The first-order valence-electron chi connectivity index (χ1n) is 6.58. The third-order valence-electron chi connectivity index (χ3n) is 4.06. The number of carbonyl (C=O) groups is 2. The van der Waals surface area contributed by atoms with Crippen molar-refractivity contribution in [1.29, 1.82) is 0 Å². The zero-order chi connectivity index (χ0) is 13.3. The standard InChI is InChI=1S/C15H20O3/c1-9-4-7-13(16)10(2)5-6-12-11(3)15(17)18-14(12)8-9/h8,11-12,14H,2,4-7H2,1,3H3/b9-8+/t11-,12+,14+/m1/s1. The molecule has 0 radical (unpaired) electrons. The monoisotopic (exact) mass is 248 g/mol. The molecule has 0 aromatic rings. The van der Waals surface area contributed by atoms with Crippen molar-refractivity contribution >= 4 is 11.8 Å². The van der Waals surface area contributed by atoms with Crippen molar-refractivity contribution in [3.05, 3.63) is 23.8 Å². The summed E-state index contributed by atoms with van der Waals surface area (Å²) < 4.78 is 5.41. The van der Waals surface area contributed by atoms with Gasteiger partial charge in [0.1, 0.15) is 6.10 Å². The summed E-state index contributed by atoms with van der Waals surface area (Å²) >= 11 is 0. The summed E-state index contributed by atoms with van der Waals surface area (Å²) in [6, 6.07) is 0. The first-order valence-corrected chi connectivity index (χ1v) is 6.58. The van der Waals surface area contributed by atoms with Gasteiger partial charge in [0.05, 0.1) is 5.92 Å². The number of Topliss-reactive ketones (excluding diaryl/α,β-unsaturated/α-hetero) is 1. The van der Waals surface area contributed by atoms with E-state index in [1.54, 1.807) is 0 Å². The second-order valence-electron chi connectivity index (χ2n) is 5.43. The van der Waals surface area contributed by atoms with Gasteiger partial charge in [-0.05, 0) is 37.8 Å². The van der Waals surface area contributed by atoms with Crippen LogP contribution in [-0.2, 0) is 14.3 Å². The number of allylic oxidation sites excluding steroid dienone is 2. The molecule has 3 nitrogen and oxygen atoms in total. The number of hydrogen-bond donors (Lipinski definition) is 0. The van der Waals surface area contributed by atoms with E-state index in [0.717, 1.165) is 18.4 Å². The van der Waals surface area contributed by atoms with Gasteiger partial charge in [0.2, 0.25) is 0 Å².